The molecule has 34 heavy (non-hydrogen) atoms. The molecular weight excluding hydrogens is 439 g/mol. The van der Waals surface area contributed by atoms with Crippen LogP contribution in [-0.2, 0) is 9.59 Å². The number of amidine groups is 1. The van der Waals surface area contributed by atoms with Gasteiger partial charge in [-0.1, -0.05) is 23.8 Å². The molecule has 1 unspecified atom stereocenters. The Balaban J connectivity index is 1.31. The van der Waals surface area contributed by atoms with E-state index in [1.54, 1.807) is 11.0 Å². The second-order valence-corrected chi connectivity index (χ2v) is 8.45. The van der Waals surface area contributed by atoms with Gasteiger partial charge in [0.2, 0.25) is 5.84 Å². The van der Waals surface area contributed by atoms with Gasteiger partial charge in [-0.2, -0.15) is 0 Å². The number of anilines is 2. The largest absolute Gasteiger partial charge is 0.338 e. The number of piperidine rings is 1. The van der Waals surface area contributed by atoms with Crippen LogP contribution in [0.25, 0.3) is 0 Å². The fourth-order valence-corrected chi connectivity index (χ4v) is 3.98. The Kier molecular flexibility index (Phi) is 7.05. The third kappa shape index (κ3) is 5.69. The second-order valence-electron chi connectivity index (χ2n) is 8.45. The van der Waals surface area contributed by atoms with Crippen molar-refractivity contribution in [3.63, 3.8) is 0 Å². The van der Waals surface area contributed by atoms with Gasteiger partial charge in [-0.05, 0) is 56.0 Å². The van der Waals surface area contributed by atoms with Crippen molar-refractivity contribution in [3.8, 4) is 0 Å². The van der Waals surface area contributed by atoms with Gasteiger partial charge < -0.3 is 15.5 Å². The summed E-state index contributed by atoms with van der Waals surface area (Å²) in [5, 5.41) is 6.73. The molecular formula is C24H27FN6O3. The van der Waals surface area contributed by atoms with Crippen LogP contribution in [0.15, 0.2) is 53.5 Å². The molecule has 1 saturated heterocycles. The third-order valence-corrected chi connectivity index (χ3v) is 5.77. The normalized spacial score (nSPS) is 18.1. The van der Waals surface area contributed by atoms with Gasteiger partial charge in [-0.3, -0.25) is 20.0 Å². The van der Waals surface area contributed by atoms with Crippen LogP contribution in [0.2, 0.25) is 0 Å². The Bertz CT molecular complexity index is 1100. The molecule has 1 fully saturated rings. The summed E-state index contributed by atoms with van der Waals surface area (Å²) < 4.78 is 13.3. The van der Waals surface area contributed by atoms with Crippen molar-refractivity contribution in [1.29, 1.82) is 0 Å². The number of hydrogen-bond acceptors (Lipinski definition) is 5. The van der Waals surface area contributed by atoms with Crippen molar-refractivity contribution >= 4 is 35.1 Å². The van der Waals surface area contributed by atoms with Gasteiger partial charge in [-0.25, -0.2) is 14.2 Å². The van der Waals surface area contributed by atoms with Crippen molar-refractivity contribution in [2.24, 2.45) is 10.9 Å². The zero-order valence-corrected chi connectivity index (χ0v) is 18.9. The number of nitrogens with one attached hydrogen (secondary N) is 3. The number of aliphatic imine (C=N–C) groups is 1. The van der Waals surface area contributed by atoms with Gasteiger partial charge >= 0.3 is 6.03 Å². The minimum atomic E-state index is -0.431. The predicted molar refractivity (Wildman–Crippen MR) is 127 cm³/mol. The van der Waals surface area contributed by atoms with Gasteiger partial charge in [0, 0.05) is 25.3 Å². The van der Waals surface area contributed by atoms with Crippen molar-refractivity contribution in [2.75, 3.05) is 36.5 Å². The van der Waals surface area contributed by atoms with Crippen LogP contribution in [-0.4, -0.2) is 54.8 Å². The quantitative estimate of drug-likeness (QED) is 0.629. The number of aryl methyl sites for hydroxylation is 1. The van der Waals surface area contributed by atoms with Gasteiger partial charge in [-0.15, -0.1) is 0 Å². The van der Waals surface area contributed by atoms with Crippen LogP contribution in [0.1, 0.15) is 18.4 Å². The lowest BCUT2D eigenvalue weighted by Gasteiger charge is -2.35. The molecule has 2 aliphatic heterocycles. The van der Waals surface area contributed by atoms with Crippen LogP contribution >= 0.6 is 0 Å². The van der Waals surface area contributed by atoms with E-state index in [4.69, 9.17) is 0 Å². The number of nitrogens with zero attached hydrogens (tertiary/aromatic N) is 3. The maximum atomic E-state index is 13.3. The fourth-order valence-electron chi connectivity index (χ4n) is 3.98. The lowest BCUT2D eigenvalue weighted by atomic mass is 9.98. The molecule has 0 spiro atoms. The Morgan fingerprint density at radius 1 is 1.21 bits per heavy atom. The number of benzene rings is 2. The number of carbonyl (C=O) groups is 3. The first-order valence-electron chi connectivity index (χ1n) is 11.2. The molecule has 0 bridgehead atoms. The predicted octanol–water partition coefficient (Wildman–Crippen LogP) is 2.44. The van der Waals surface area contributed by atoms with Gasteiger partial charge in [0.1, 0.15) is 12.4 Å². The summed E-state index contributed by atoms with van der Waals surface area (Å²) in [6.45, 7) is 3.25. The first-order chi connectivity index (χ1) is 16.4. The van der Waals surface area contributed by atoms with Crippen molar-refractivity contribution in [1.82, 2.24) is 15.6 Å². The SMILES string of the molecule is Cc1ccc(N2NC(C(=O)N3CCCC(CNC(=O)Nc4cccc(F)c4)C3)=NCC2=O)cc1. The molecule has 0 aliphatic carbocycles. The number of likely N-dealkylation sites (tertiary alicyclic amines) is 1. The lowest BCUT2D eigenvalue weighted by molar-refractivity contribution is -0.126. The van der Waals surface area contributed by atoms with Gasteiger partial charge in [0.25, 0.3) is 11.8 Å². The molecule has 4 amide bonds. The topological polar surface area (TPSA) is 106 Å². The number of hydrogen-bond donors (Lipinski definition) is 3. The molecule has 2 heterocycles. The van der Waals surface area contributed by atoms with Crippen LogP contribution < -0.4 is 21.1 Å². The number of urea groups is 1. The van der Waals surface area contributed by atoms with E-state index in [1.807, 2.05) is 31.2 Å². The summed E-state index contributed by atoms with van der Waals surface area (Å²) in [7, 11) is 0. The number of carbonyl (C=O) groups excluding carboxylic acids is 3. The average Bonchev–Trinajstić information content (AvgIpc) is 2.83. The number of hydrazine groups is 1. The minimum absolute atomic E-state index is 0.0648. The summed E-state index contributed by atoms with van der Waals surface area (Å²) >= 11 is 0. The van der Waals surface area contributed by atoms with E-state index in [0.29, 0.717) is 31.0 Å². The molecule has 0 aromatic heterocycles. The molecule has 2 aromatic rings. The molecule has 1 atom stereocenters. The van der Waals surface area contributed by atoms with Crippen molar-refractivity contribution in [2.45, 2.75) is 19.8 Å². The minimum Gasteiger partial charge on any atom is -0.338 e. The van der Waals surface area contributed by atoms with Crippen molar-refractivity contribution in [3.05, 3.63) is 59.9 Å². The highest BCUT2D eigenvalue weighted by molar-refractivity contribution is 6.39. The zero-order chi connectivity index (χ0) is 24.1. The molecule has 10 heteroatoms. The van der Waals surface area contributed by atoms with E-state index in [-0.39, 0.29) is 30.1 Å². The van der Waals surface area contributed by atoms with Crippen LogP contribution in [0.5, 0.6) is 0 Å². The second kappa shape index (κ2) is 10.3. The smallest absolute Gasteiger partial charge is 0.319 e. The van der Waals surface area contributed by atoms with E-state index in [1.165, 1.54) is 23.2 Å². The lowest BCUT2D eigenvalue weighted by Crippen LogP contribution is -2.57. The zero-order valence-electron chi connectivity index (χ0n) is 18.9. The maximum absolute atomic E-state index is 13.3. The monoisotopic (exact) mass is 466 g/mol. The summed E-state index contributed by atoms with van der Waals surface area (Å²) in [6.07, 6.45) is 1.65. The maximum Gasteiger partial charge on any atom is 0.319 e. The Hall–Kier alpha value is -3.95. The van der Waals surface area contributed by atoms with Gasteiger partial charge in [0.05, 0.1) is 5.69 Å². The first-order valence-corrected chi connectivity index (χ1v) is 11.2. The third-order valence-electron chi connectivity index (χ3n) is 5.77. The molecule has 4 rings (SSSR count). The highest BCUT2D eigenvalue weighted by Crippen LogP contribution is 2.19. The number of rotatable bonds is 5. The highest BCUT2D eigenvalue weighted by Gasteiger charge is 2.31. The van der Waals surface area contributed by atoms with Gasteiger partial charge in [0.15, 0.2) is 0 Å². The molecule has 0 saturated carbocycles. The summed E-state index contributed by atoms with van der Waals surface area (Å²) in [5.41, 5.74) is 4.94. The first kappa shape index (κ1) is 23.2. The molecule has 3 N–H and O–H groups in total. The molecule has 2 aromatic carbocycles. The summed E-state index contributed by atoms with van der Waals surface area (Å²) in [5.74, 6) is -0.766. The van der Waals surface area contributed by atoms with E-state index >= 15 is 0 Å². The Morgan fingerprint density at radius 2 is 2.00 bits per heavy atom. The average molecular weight is 467 g/mol. The molecule has 0 radical (unpaired) electrons. The Morgan fingerprint density at radius 3 is 2.76 bits per heavy atom. The highest BCUT2D eigenvalue weighted by atomic mass is 19.1. The fraction of sp³-hybridized carbons (Fsp3) is 0.333. The number of halogens is 1. The summed E-state index contributed by atoms with van der Waals surface area (Å²) in [6, 6.07) is 12.6. The van der Waals surface area contributed by atoms with Crippen LogP contribution in [0.4, 0.5) is 20.6 Å². The standard InChI is InChI=1S/C24H27FN6O3/c1-16-7-9-20(10-8-16)31-21(32)14-26-22(29-31)23(33)30-11-3-4-17(15-30)13-27-24(34)28-19-6-2-5-18(25)12-19/h2,5-10,12,17H,3-4,11,13-15H2,1H3,(H,26,29)(H2,27,28,34). The van der Waals surface area contributed by atoms with E-state index in [0.717, 1.165) is 18.4 Å². The Labute approximate surface area is 197 Å². The van der Waals surface area contributed by atoms with Crippen LogP contribution in [0, 0.1) is 18.7 Å². The van der Waals surface area contributed by atoms with Crippen molar-refractivity contribution < 1.29 is 18.8 Å². The van der Waals surface area contributed by atoms with E-state index in [2.05, 4.69) is 21.1 Å². The molecule has 2 aliphatic rings. The van der Waals surface area contributed by atoms with E-state index < -0.39 is 11.8 Å². The van der Waals surface area contributed by atoms with Crippen LogP contribution in [0.3, 0.4) is 0 Å². The number of amides is 4. The molecule has 178 valence electrons. The summed E-state index contributed by atoms with van der Waals surface area (Å²) in [4.78, 5) is 43.4. The molecule has 9 nitrogen and oxygen atoms in total. The van der Waals surface area contributed by atoms with E-state index in [9.17, 15) is 18.8 Å².